The van der Waals surface area contributed by atoms with Gasteiger partial charge in [-0.15, -0.1) is 0 Å². The molecule has 0 saturated carbocycles. The van der Waals surface area contributed by atoms with Gasteiger partial charge in [0.15, 0.2) is 6.29 Å². The second-order valence-corrected chi connectivity index (χ2v) is 10.5. The Morgan fingerprint density at radius 1 is 1.00 bits per heavy atom. The maximum atomic E-state index is 12.4. The van der Waals surface area contributed by atoms with Crippen LogP contribution in [0.5, 0.6) is 0 Å². The molecule has 41 heavy (non-hydrogen) atoms. The predicted molar refractivity (Wildman–Crippen MR) is 155 cm³/mol. The number of carboxylic acid groups (broad SMARTS) is 1. The number of carboxylic acids is 1. The van der Waals surface area contributed by atoms with Gasteiger partial charge >= 0.3 is 5.97 Å². The van der Waals surface area contributed by atoms with Gasteiger partial charge in [-0.1, -0.05) is 42.5 Å². The lowest BCUT2D eigenvalue weighted by Gasteiger charge is -2.38. The summed E-state index contributed by atoms with van der Waals surface area (Å²) in [5, 5.41) is 21.1. The number of amides is 1. The van der Waals surface area contributed by atoms with Crippen molar-refractivity contribution in [2.24, 2.45) is 0 Å². The average molecular weight is 562 g/mol. The number of aliphatic hydroxyl groups is 1. The minimum Gasteiger partial charge on any atom is -0.481 e. The molecule has 0 bridgehead atoms. The van der Waals surface area contributed by atoms with E-state index in [0.29, 0.717) is 31.5 Å². The molecule has 1 aromatic heterocycles. The van der Waals surface area contributed by atoms with Crippen LogP contribution in [0.2, 0.25) is 0 Å². The number of rotatable bonds is 14. The molecular formula is C32H39N3O6. The van der Waals surface area contributed by atoms with Gasteiger partial charge in [-0.25, -0.2) is 0 Å². The minimum atomic E-state index is -0.856. The highest BCUT2D eigenvalue weighted by Crippen LogP contribution is 2.38. The van der Waals surface area contributed by atoms with E-state index in [1.165, 1.54) is 0 Å². The fraction of sp³-hybridized carbons (Fsp3) is 0.406. The lowest BCUT2D eigenvalue weighted by atomic mass is 9.99. The van der Waals surface area contributed by atoms with E-state index in [1.54, 1.807) is 0 Å². The molecule has 3 aromatic rings. The third-order valence-electron chi connectivity index (χ3n) is 7.09. The topological polar surface area (TPSA) is 121 Å². The average Bonchev–Trinajstić information content (AvgIpc) is 2.99. The maximum Gasteiger partial charge on any atom is 0.303 e. The molecule has 0 aliphatic carbocycles. The number of hydrogen-bond donors (Lipinski definition) is 3. The van der Waals surface area contributed by atoms with Crippen molar-refractivity contribution in [1.29, 1.82) is 0 Å². The summed E-state index contributed by atoms with van der Waals surface area (Å²) in [4.78, 5) is 29.8. The molecule has 1 amide bonds. The summed E-state index contributed by atoms with van der Waals surface area (Å²) in [6.45, 7) is 1.54. The third-order valence-corrected chi connectivity index (χ3v) is 7.09. The summed E-state index contributed by atoms with van der Waals surface area (Å²) in [5.74, 6) is -1.02. The Hall–Kier alpha value is -3.63. The molecule has 1 aliphatic rings. The molecule has 0 radical (unpaired) electrons. The number of unbranched alkanes of at least 4 members (excludes halogenated alkanes) is 1. The number of aliphatic carboxylic acids is 1. The number of aliphatic hydroxyl groups excluding tert-OH is 1. The molecule has 1 aliphatic heterocycles. The monoisotopic (exact) mass is 561 g/mol. The smallest absolute Gasteiger partial charge is 0.303 e. The number of benzene rings is 2. The van der Waals surface area contributed by atoms with Gasteiger partial charge in [0.2, 0.25) is 5.91 Å². The van der Waals surface area contributed by atoms with E-state index in [1.807, 2.05) is 72.9 Å². The van der Waals surface area contributed by atoms with Gasteiger partial charge in [-0.3, -0.25) is 14.6 Å². The Kier molecular flexibility index (Phi) is 11.4. The molecule has 218 valence electrons. The minimum absolute atomic E-state index is 0.0146. The molecule has 3 atom stereocenters. The van der Waals surface area contributed by atoms with Crippen molar-refractivity contribution in [1.82, 2.24) is 9.88 Å². The highest BCUT2D eigenvalue weighted by Gasteiger charge is 2.33. The number of nitrogens with zero attached hydrogens (tertiary/aromatic N) is 2. The summed E-state index contributed by atoms with van der Waals surface area (Å²) >= 11 is 0. The molecule has 9 nitrogen and oxygen atoms in total. The first-order chi connectivity index (χ1) is 19.9. The van der Waals surface area contributed by atoms with Gasteiger partial charge in [0.05, 0.1) is 18.8 Å². The number of likely N-dealkylation sites (N-methyl/N-ethyl adjacent to an activating group) is 1. The summed E-state index contributed by atoms with van der Waals surface area (Å²) in [6.07, 6.45) is 3.68. The van der Waals surface area contributed by atoms with Crippen LogP contribution < -0.4 is 5.32 Å². The van der Waals surface area contributed by atoms with Crippen LogP contribution in [0.3, 0.4) is 0 Å². The highest BCUT2D eigenvalue weighted by atomic mass is 16.7. The first kappa shape index (κ1) is 30.3. The number of carbonyl (C=O) groups excluding carboxylic acids is 1. The molecule has 1 saturated heterocycles. The lowest BCUT2D eigenvalue weighted by molar-refractivity contribution is -0.252. The van der Waals surface area contributed by atoms with E-state index < -0.39 is 12.3 Å². The van der Waals surface area contributed by atoms with Crippen LogP contribution in [0.25, 0.3) is 0 Å². The second kappa shape index (κ2) is 15.4. The van der Waals surface area contributed by atoms with E-state index in [4.69, 9.17) is 14.6 Å². The lowest BCUT2D eigenvalue weighted by Crippen LogP contribution is -2.38. The van der Waals surface area contributed by atoms with Gasteiger partial charge in [0.25, 0.3) is 0 Å². The standard InChI is InChI=1S/C32H39N3O6/c1-35(18-16-26-8-4-5-17-33-26)21-28-20-29(24-14-12-23(22-36)13-15-24)41-32(40-28)25-7-6-9-27(19-25)34-30(37)10-2-3-11-31(38)39/h4-9,12-15,17,19,28-29,32,36H,2-3,10-11,16,18,20-22H2,1H3,(H,34,37)(H,38,39). The van der Waals surface area contributed by atoms with E-state index >= 15 is 0 Å². The highest BCUT2D eigenvalue weighted by molar-refractivity contribution is 5.90. The third kappa shape index (κ3) is 9.75. The van der Waals surface area contributed by atoms with Crippen molar-refractivity contribution in [2.45, 2.75) is 63.6 Å². The van der Waals surface area contributed by atoms with E-state index in [2.05, 4.69) is 22.2 Å². The quantitative estimate of drug-likeness (QED) is 0.238. The summed E-state index contributed by atoms with van der Waals surface area (Å²) in [5.41, 5.74) is 4.34. The van der Waals surface area contributed by atoms with Crippen LogP contribution >= 0.6 is 0 Å². The number of ether oxygens (including phenoxy) is 2. The Balaban J connectivity index is 1.43. The number of pyridine rings is 1. The Labute approximate surface area is 241 Å². The number of nitrogens with one attached hydrogen (secondary N) is 1. The number of anilines is 1. The van der Waals surface area contributed by atoms with Crippen molar-refractivity contribution in [3.8, 4) is 0 Å². The van der Waals surface area contributed by atoms with E-state index in [-0.39, 0.29) is 37.6 Å². The largest absolute Gasteiger partial charge is 0.481 e. The number of carbonyl (C=O) groups is 2. The van der Waals surface area contributed by atoms with Crippen LogP contribution in [0.4, 0.5) is 5.69 Å². The van der Waals surface area contributed by atoms with Gasteiger partial charge in [0, 0.05) is 61.9 Å². The Morgan fingerprint density at radius 2 is 1.80 bits per heavy atom. The molecular weight excluding hydrogens is 522 g/mol. The number of aromatic nitrogens is 1. The van der Waals surface area contributed by atoms with Gasteiger partial charge < -0.3 is 29.9 Å². The number of hydrogen-bond acceptors (Lipinski definition) is 7. The van der Waals surface area contributed by atoms with Crippen LogP contribution in [0.15, 0.2) is 72.9 Å². The zero-order chi connectivity index (χ0) is 29.0. The molecule has 3 N–H and O–H groups in total. The molecule has 0 spiro atoms. The van der Waals surface area contributed by atoms with E-state index in [0.717, 1.165) is 35.3 Å². The molecule has 2 heterocycles. The summed E-state index contributed by atoms with van der Waals surface area (Å²) in [6, 6.07) is 21.2. The van der Waals surface area contributed by atoms with Gasteiger partial charge in [-0.05, 0) is 55.3 Å². The Bertz CT molecular complexity index is 1250. The fourth-order valence-corrected chi connectivity index (χ4v) is 4.87. The van der Waals surface area contributed by atoms with Crippen molar-refractivity contribution in [3.63, 3.8) is 0 Å². The predicted octanol–water partition coefficient (Wildman–Crippen LogP) is 4.88. The molecule has 3 unspecified atom stereocenters. The summed E-state index contributed by atoms with van der Waals surface area (Å²) < 4.78 is 12.9. The molecule has 1 fully saturated rings. The molecule has 9 heteroatoms. The first-order valence-corrected chi connectivity index (χ1v) is 14.1. The van der Waals surface area contributed by atoms with Crippen LogP contribution in [-0.4, -0.2) is 58.2 Å². The van der Waals surface area contributed by atoms with Crippen molar-refractivity contribution in [3.05, 3.63) is 95.3 Å². The second-order valence-electron chi connectivity index (χ2n) is 10.5. The van der Waals surface area contributed by atoms with Crippen LogP contribution in [-0.2, 0) is 32.1 Å². The van der Waals surface area contributed by atoms with Gasteiger partial charge in [0.1, 0.15) is 0 Å². The fourth-order valence-electron chi connectivity index (χ4n) is 4.87. The SMILES string of the molecule is CN(CCc1ccccn1)CC1CC(c2ccc(CO)cc2)OC(c2cccc(NC(=O)CCCCC(=O)O)c2)O1. The normalized spacial score (nSPS) is 18.8. The van der Waals surface area contributed by atoms with E-state index in [9.17, 15) is 14.7 Å². The van der Waals surface area contributed by atoms with Crippen molar-refractivity contribution < 1.29 is 29.3 Å². The van der Waals surface area contributed by atoms with Crippen molar-refractivity contribution in [2.75, 3.05) is 25.5 Å². The van der Waals surface area contributed by atoms with Crippen LogP contribution in [0.1, 0.15) is 66.9 Å². The van der Waals surface area contributed by atoms with Gasteiger partial charge in [-0.2, -0.15) is 0 Å². The summed E-state index contributed by atoms with van der Waals surface area (Å²) in [7, 11) is 2.08. The zero-order valence-electron chi connectivity index (χ0n) is 23.4. The zero-order valence-corrected chi connectivity index (χ0v) is 23.4. The van der Waals surface area contributed by atoms with Crippen molar-refractivity contribution >= 4 is 17.6 Å². The first-order valence-electron chi connectivity index (χ1n) is 14.1. The Morgan fingerprint density at radius 3 is 2.54 bits per heavy atom. The molecule has 2 aromatic carbocycles. The molecule has 4 rings (SSSR count). The maximum absolute atomic E-state index is 12.4. The van der Waals surface area contributed by atoms with Crippen LogP contribution in [0, 0.1) is 0 Å².